The smallest absolute Gasteiger partial charge is 0.335 e. The van der Waals surface area contributed by atoms with Gasteiger partial charge in [-0.05, 0) is 59.7 Å². The minimum absolute atomic E-state index is 0.0515. The van der Waals surface area contributed by atoms with Crippen LogP contribution in [0.4, 0.5) is 14.9 Å². The summed E-state index contributed by atoms with van der Waals surface area (Å²) in [5, 5.41) is 3.83. The summed E-state index contributed by atoms with van der Waals surface area (Å²) in [7, 11) is 0. The number of hydrogen-bond acceptors (Lipinski definition) is 4. The van der Waals surface area contributed by atoms with Gasteiger partial charge in [-0.2, -0.15) is 0 Å². The van der Waals surface area contributed by atoms with Crippen molar-refractivity contribution in [3.8, 4) is 5.75 Å². The van der Waals surface area contributed by atoms with Gasteiger partial charge in [0.05, 0.1) is 5.69 Å². The van der Waals surface area contributed by atoms with Crippen LogP contribution in [0.5, 0.6) is 5.75 Å². The molecule has 8 heteroatoms. The monoisotopic (exact) mass is 558 g/mol. The van der Waals surface area contributed by atoms with Crippen molar-refractivity contribution in [2.45, 2.75) is 13.5 Å². The number of urea groups is 1. The second-order valence-corrected chi connectivity index (χ2v) is 9.32. The van der Waals surface area contributed by atoms with Crippen molar-refractivity contribution in [3.63, 3.8) is 0 Å². The highest BCUT2D eigenvalue weighted by molar-refractivity contribution is 9.10. The van der Waals surface area contributed by atoms with Crippen LogP contribution in [-0.4, -0.2) is 17.8 Å². The minimum Gasteiger partial charge on any atom is -0.488 e. The maximum Gasteiger partial charge on any atom is 0.335 e. The predicted molar refractivity (Wildman–Crippen MR) is 143 cm³/mol. The van der Waals surface area contributed by atoms with Crippen molar-refractivity contribution >= 4 is 56.3 Å². The van der Waals surface area contributed by atoms with Crippen LogP contribution in [0, 0.1) is 12.7 Å². The van der Waals surface area contributed by atoms with E-state index >= 15 is 0 Å². The van der Waals surface area contributed by atoms with Crippen LogP contribution in [-0.2, 0) is 16.2 Å². The number of carbonyl (C=O) groups is 3. The number of carbonyl (C=O) groups excluding carboxylic acids is 3. The Morgan fingerprint density at radius 2 is 1.73 bits per heavy atom. The average molecular weight is 559 g/mol. The molecule has 6 nitrogen and oxygen atoms in total. The third-order valence-electron chi connectivity index (χ3n) is 6.06. The molecule has 1 N–H and O–H groups in total. The number of imide groups is 2. The Morgan fingerprint density at radius 3 is 2.51 bits per heavy atom. The number of anilines is 1. The fourth-order valence-corrected chi connectivity index (χ4v) is 4.37. The van der Waals surface area contributed by atoms with Gasteiger partial charge in [-0.1, -0.05) is 64.5 Å². The van der Waals surface area contributed by atoms with Gasteiger partial charge < -0.3 is 4.74 Å². The van der Waals surface area contributed by atoms with Gasteiger partial charge in [-0.15, -0.1) is 0 Å². The summed E-state index contributed by atoms with van der Waals surface area (Å²) in [6, 6.07) is 21.4. The van der Waals surface area contributed by atoms with Gasteiger partial charge >= 0.3 is 6.03 Å². The Kier molecular flexibility index (Phi) is 6.58. The van der Waals surface area contributed by atoms with E-state index < -0.39 is 23.7 Å². The molecule has 0 aliphatic carbocycles. The van der Waals surface area contributed by atoms with Crippen LogP contribution in [0.25, 0.3) is 16.8 Å². The third kappa shape index (κ3) is 4.75. The van der Waals surface area contributed by atoms with E-state index in [4.69, 9.17) is 4.74 Å². The predicted octanol–water partition coefficient (Wildman–Crippen LogP) is 6.30. The van der Waals surface area contributed by atoms with E-state index in [0.717, 1.165) is 25.7 Å². The molecule has 4 aromatic carbocycles. The van der Waals surface area contributed by atoms with Crippen LogP contribution in [0.15, 0.2) is 88.9 Å². The molecule has 0 aromatic heterocycles. The molecule has 0 radical (unpaired) electrons. The second-order valence-electron chi connectivity index (χ2n) is 8.47. The average Bonchev–Trinajstić information content (AvgIpc) is 2.88. The van der Waals surface area contributed by atoms with Gasteiger partial charge in [0.25, 0.3) is 11.8 Å². The fourth-order valence-electron chi connectivity index (χ4n) is 4.13. The second kappa shape index (κ2) is 9.99. The van der Waals surface area contributed by atoms with E-state index in [1.165, 1.54) is 12.1 Å². The maximum atomic E-state index is 14.2. The normalized spacial score (nSPS) is 14.8. The van der Waals surface area contributed by atoms with Gasteiger partial charge in [0.1, 0.15) is 23.7 Å². The van der Waals surface area contributed by atoms with Crippen molar-refractivity contribution < 1.29 is 23.5 Å². The molecule has 37 heavy (non-hydrogen) atoms. The Hall–Kier alpha value is -4.30. The van der Waals surface area contributed by atoms with E-state index in [2.05, 4.69) is 21.2 Å². The number of nitrogens with zero attached hydrogens (tertiary/aromatic N) is 1. The van der Waals surface area contributed by atoms with Gasteiger partial charge in [0.2, 0.25) is 0 Å². The molecule has 0 unspecified atom stereocenters. The zero-order valence-electron chi connectivity index (χ0n) is 19.6. The van der Waals surface area contributed by atoms with E-state index in [1.54, 1.807) is 42.5 Å². The molecule has 0 bridgehead atoms. The molecule has 5 rings (SSSR count). The number of nitrogens with one attached hydrogen (secondary N) is 1. The van der Waals surface area contributed by atoms with E-state index in [9.17, 15) is 18.8 Å². The van der Waals surface area contributed by atoms with Crippen LogP contribution < -0.4 is 15.0 Å². The molecule has 0 saturated carbocycles. The number of benzene rings is 4. The molecule has 1 aliphatic rings. The van der Waals surface area contributed by atoms with Crippen molar-refractivity contribution in [2.75, 3.05) is 4.90 Å². The fraction of sp³-hybridized carbons (Fsp3) is 0.0690. The number of aryl methyl sites for hydroxylation is 1. The maximum absolute atomic E-state index is 14.2. The molecular formula is C29H20BrFN2O4. The zero-order chi connectivity index (χ0) is 26.1. The topological polar surface area (TPSA) is 75.7 Å². The molecule has 0 spiro atoms. The van der Waals surface area contributed by atoms with Gasteiger partial charge in [-0.3, -0.25) is 14.9 Å². The number of barbiturate groups is 1. The van der Waals surface area contributed by atoms with Crippen LogP contribution in [0.2, 0.25) is 0 Å². The van der Waals surface area contributed by atoms with Crippen molar-refractivity contribution in [1.82, 2.24) is 5.32 Å². The number of fused-ring (bicyclic) bond motifs is 1. The summed E-state index contributed by atoms with van der Waals surface area (Å²) in [6.07, 6.45) is 1.42. The molecule has 1 saturated heterocycles. The summed E-state index contributed by atoms with van der Waals surface area (Å²) in [5.41, 5.74) is 1.75. The molecule has 184 valence electrons. The third-order valence-corrected chi connectivity index (χ3v) is 6.95. The highest BCUT2D eigenvalue weighted by Gasteiger charge is 2.37. The molecule has 0 atom stereocenters. The summed E-state index contributed by atoms with van der Waals surface area (Å²) in [5.74, 6) is -1.61. The minimum atomic E-state index is -0.831. The van der Waals surface area contributed by atoms with Gasteiger partial charge in [-0.25, -0.2) is 14.1 Å². The number of hydrogen-bond donors (Lipinski definition) is 1. The van der Waals surface area contributed by atoms with Crippen molar-refractivity contribution in [2.24, 2.45) is 0 Å². The molecule has 1 heterocycles. The summed E-state index contributed by atoms with van der Waals surface area (Å²) in [4.78, 5) is 39.9. The first-order valence-corrected chi connectivity index (χ1v) is 12.2. The lowest BCUT2D eigenvalue weighted by Gasteiger charge is -2.27. The number of halogens is 2. The van der Waals surface area contributed by atoms with Gasteiger partial charge in [0.15, 0.2) is 0 Å². The summed E-state index contributed by atoms with van der Waals surface area (Å²) >= 11 is 3.41. The molecule has 4 aromatic rings. The van der Waals surface area contributed by atoms with E-state index in [1.807, 2.05) is 37.3 Å². The van der Waals surface area contributed by atoms with E-state index in [-0.39, 0.29) is 12.2 Å². The lowest BCUT2D eigenvalue weighted by molar-refractivity contribution is -0.122. The molecule has 1 aliphatic heterocycles. The number of ether oxygens (including phenoxy) is 1. The standard InChI is InChI=1S/C29H20BrFN2O4/c1-17-14-20(11-12-24(17)30)33-28(35)23(27(34)32-29(33)36)15-22-21-8-4-2-6-18(21)10-13-26(22)37-16-19-7-3-5-9-25(19)31/h2-15H,16H2,1H3,(H,32,34,36)/b23-15-. The highest BCUT2D eigenvalue weighted by Crippen LogP contribution is 2.33. The summed E-state index contributed by atoms with van der Waals surface area (Å²) < 4.78 is 21.0. The van der Waals surface area contributed by atoms with Crippen molar-refractivity contribution in [3.05, 3.63) is 111 Å². The van der Waals surface area contributed by atoms with Crippen LogP contribution in [0.3, 0.4) is 0 Å². The molecular weight excluding hydrogens is 539 g/mol. The summed E-state index contributed by atoms with van der Waals surface area (Å²) in [6.45, 7) is 1.78. The Balaban J connectivity index is 1.59. The first-order valence-electron chi connectivity index (χ1n) is 11.4. The lowest BCUT2D eigenvalue weighted by Crippen LogP contribution is -2.54. The number of rotatable bonds is 5. The lowest BCUT2D eigenvalue weighted by atomic mass is 9.99. The quantitative estimate of drug-likeness (QED) is 0.230. The Labute approximate surface area is 220 Å². The largest absolute Gasteiger partial charge is 0.488 e. The van der Waals surface area contributed by atoms with Crippen molar-refractivity contribution in [1.29, 1.82) is 0 Å². The zero-order valence-corrected chi connectivity index (χ0v) is 21.2. The highest BCUT2D eigenvalue weighted by atomic mass is 79.9. The van der Waals surface area contributed by atoms with E-state index in [0.29, 0.717) is 22.6 Å². The first-order chi connectivity index (χ1) is 17.8. The molecule has 4 amide bonds. The first kappa shape index (κ1) is 24.4. The number of amides is 4. The Bertz CT molecular complexity index is 1620. The SMILES string of the molecule is Cc1cc(N2C(=O)NC(=O)/C(=C/c3c(OCc4ccccc4F)ccc4ccccc34)C2=O)ccc1Br. The Morgan fingerprint density at radius 1 is 0.973 bits per heavy atom. The van der Waals surface area contributed by atoms with Gasteiger partial charge in [0, 0.05) is 15.6 Å². The van der Waals surface area contributed by atoms with Crippen LogP contribution in [0.1, 0.15) is 16.7 Å². The van der Waals surface area contributed by atoms with Crippen LogP contribution >= 0.6 is 15.9 Å². The molecule has 1 fully saturated rings.